The fourth-order valence-corrected chi connectivity index (χ4v) is 2.63. The Labute approximate surface area is 143 Å². The summed E-state index contributed by atoms with van der Waals surface area (Å²) in [5.74, 6) is -1.48. The van der Waals surface area contributed by atoms with E-state index < -0.39 is 5.91 Å². The number of aromatic hydroxyl groups is 2. The van der Waals surface area contributed by atoms with E-state index in [0.29, 0.717) is 16.8 Å². The average Bonchev–Trinajstić information content (AvgIpc) is 2.85. The normalized spacial score (nSPS) is 15.9. The minimum atomic E-state index is -0.451. The van der Waals surface area contributed by atoms with E-state index in [9.17, 15) is 24.6 Å². The summed E-state index contributed by atoms with van der Waals surface area (Å²) in [6, 6.07) is 10.4. The van der Waals surface area contributed by atoms with Gasteiger partial charge in [0.2, 0.25) is 5.91 Å². The number of imide groups is 1. The third kappa shape index (κ3) is 3.14. The summed E-state index contributed by atoms with van der Waals surface area (Å²) in [4.78, 5) is 37.2. The number of nitrogens with zero attached hydrogens (tertiary/aromatic N) is 1. The molecule has 1 aliphatic heterocycles. The lowest BCUT2D eigenvalue weighted by Crippen LogP contribution is -2.28. The molecule has 0 unspecified atom stereocenters. The summed E-state index contributed by atoms with van der Waals surface area (Å²) in [7, 11) is 0. The van der Waals surface area contributed by atoms with E-state index >= 15 is 0 Å². The van der Waals surface area contributed by atoms with Gasteiger partial charge < -0.3 is 10.2 Å². The number of carbonyl (C=O) groups excluding carboxylic acids is 3. The van der Waals surface area contributed by atoms with E-state index in [0.717, 1.165) is 4.90 Å². The molecule has 2 aromatic carbocycles. The maximum absolute atomic E-state index is 12.5. The first-order valence-electron chi connectivity index (χ1n) is 7.57. The van der Waals surface area contributed by atoms with Crippen LogP contribution >= 0.6 is 0 Å². The maximum atomic E-state index is 12.5. The van der Waals surface area contributed by atoms with Gasteiger partial charge in [-0.25, -0.2) is 4.90 Å². The van der Waals surface area contributed by atoms with Gasteiger partial charge in [0.25, 0.3) is 5.91 Å². The third-order valence-corrected chi connectivity index (χ3v) is 3.94. The lowest BCUT2D eigenvalue weighted by atomic mass is 10.1. The number of carbonyl (C=O) groups is 3. The van der Waals surface area contributed by atoms with Gasteiger partial charge in [-0.05, 0) is 55.0 Å². The number of rotatable bonds is 3. The minimum Gasteiger partial charge on any atom is -0.504 e. The van der Waals surface area contributed by atoms with Crippen LogP contribution in [0.5, 0.6) is 11.5 Å². The highest BCUT2D eigenvalue weighted by Crippen LogP contribution is 2.30. The predicted molar refractivity (Wildman–Crippen MR) is 91.3 cm³/mol. The smallest absolute Gasteiger partial charge is 0.261 e. The SMILES string of the molecule is CC(=O)c1ccc(N2C(=O)C/C(=C\c3ccc(O)c(O)c3)C2=O)cc1. The molecule has 0 aliphatic carbocycles. The third-order valence-electron chi connectivity index (χ3n) is 3.94. The Bertz CT molecular complexity index is 912. The van der Waals surface area contributed by atoms with Crippen LogP contribution in [0.3, 0.4) is 0 Å². The van der Waals surface area contributed by atoms with E-state index in [4.69, 9.17) is 0 Å². The molecule has 1 saturated heterocycles. The molecule has 6 nitrogen and oxygen atoms in total. The first-order chi connectivity index (χ1) is 11.9. The Hall–Kier alpha value is -3.41. The number of phenolic OH excluding ortho intramolecular Hbond substituents is 2. The molecule has 0 saturated carbocycles. The Morgan fingerprint density at radius 2 is 1.72 bits per heavy atom. The number of ketones is 1. The van der Waals surface area contributed by atoms with Gasteiger partial charge in [0, 0.05) is 11.1 Å². The summed E-state index contributed by atoms with van der Waals surface area (Å²) in [5, 5.41) is 18.9. The molecule has 2 N–H and O–H groups in total. The first kappa shape index (κ1) is 16.4. The number of hydrogen-bond donors (Lipinski definition) is 2. The zero-order valence-corrected chi connectivity index (χ0v) is 13.4. The standard InChI is InChI=1S/C19H15NO5/c1-11(21)13-3-5-15(6-4-13)20-18(24)10-14(19(20)25)8-12-2-7-16(22)17(23)9-12/h2-9,22-23H,10H2,1H3/b14-8+. The number of amides is 2. The highest BCUT2D eigenvalue weighted by Gasteiger charge is 2.34. The van der Waals surface area contributed by atoms with Gasteiger partial charge in [-0.1, -0.05) is 6.07 Å². The summed E-state index contributed by atoms with van der Waals surface area (Å²) in [6.07, 6.45) is 1.44. The molecule has 0 atom stereocenters. The molecule has 0 spiro atoms. The largest absolute Gasteiger partial charge is 0.504 e. The number of Topliss-reactive ketones (excluding diaryl/α,β-unsaturated/α-hetero) is 1. The topological polar surface area (TPSA) is 94.9 Å². The molecule has 2 aromatic rings. The highest BCUT2D eigenvalue weighted by atomic mass is 16.3. The molecule has 1 fully saturated rings. The van der Waals surface area contributed by atoms with E-state index in [1.165, 1.54) is 31.2 Å². The van der Waals surface area contributed by atoms with Crippen molar-refractivity contribution in [3.05, 3.63) is 59.2 Å². The van der Waals surface area contributed by atoms with Crippen molar-refractivity contribution in [1.82, 2.24) is 0 Å². The molecule has 126 valence electrons. The van der Waals surface area contributed by atoms with E-state index in [1.54, 1.807) is 24.3 Å². The van der Waals surface area contributed by atoms with Crippen LogP contribution in [0.4, 0.5) is 5.69 Å². The average molecular weight is 337 g/mol. The first-order valence-corrected chi connectivity index (χ1v) is 7.57. The molecule has 1 aliphatic rings. The second-order valence-electron chi connectivity index (χ2n) is 5.73. The lowest BCUT2D eigenvalue weighted by Gasteiger charge is -2.13. The molecule has 0 aromatic heterocycles. The lowest BCUT2D eigenvalue weighted by molar-refractivity contribution is -0.120. The van der Waals surface area contributed by atoms with Crippen LogP contribution < -0.4 is 4.90 Å². The van der Waals surface area contributed by atoms with Crippen molar-refractivity contribution in [2.75, 3.05) is 4.90 Å². The maximum Gasteiger partial charge on any atom is 0.261 e. The van der Waals surface area contributed by atoms with Crippen LogP contribution in [0.25, 0.3) is 6.08 Å². The zero-order chi connectivity index (χ0) is 18.1. The van der Waals surface area contributed by atoms with Gasteiger partial charge in [-0.2, -0.15) is 0 Å². The quantitative estimate of drug-likeness (QED) is 0.388. The molecule has 2 amide bonds. The molecular formula is C19H15NO5. The van der Waals surface area contributed by atoms with Gasteiger partial charge in [0.1, 0.15) is 0 Å². The highest BCUT2D eigenvalue weighted by molar-refractivity contribution is 6.29. The zero-order valence-electron chi connectivity index (χ0n) is 13.4. The fraction of sp³-hybridized carbons (Fsp3) is 0.105. The van der Waals surface area contributed by atoms with Crippen molar-refractivity contribution in [3.63, 3.8) is 0 Å². The molecular weight excluding hydrogens is 322 g/mol. The van der Waals surface area contributed by atoms with Crippen molar-refractivity contribution in [1.29, 1.82) is 0 Å². The van der Waals surface area contributed by atoms with E-state index in [2.05, 4.69) is 0 Å². The fourth-order valence-electron chi connectivity index (χ4n) is 2.63. The number of anilines is 1. The molecule has 1 heterocycles. The van der Waals surface area contributed by atoms with Crippen LogP contribution in [-0.4, -0.2) is 27.8 Å². The number of benzene rings is 2. The Balaban J connectivity index is 1.90. The van der Waals surface area contributed by atoms with E-state index in [-0.39, 0.29) is 35.2 Å². The van der Waals surface area contributed by atoms with E-state index in [1.807, 2.05) is 0 Å². The van der Waals surface area contributed by atoms with Crippen molar-refractivity contribution >= 4 is 29.4 Å². The van der Waals surface area contributed by atoms with Crippen LogP contribution in [0.1, 0.15) is 29.3 Å². The van der Waals surface area contributed by atoms with Crippen molar-refractivity contribution < 1.29 is 24.6 Å². The van der Waals surface area contributed by atoms with Gasteiger partial charge in [-0.15, -0.1) is 0 Å². The Morgan fingerprint density at radius 3 is 2.32 bits per heavy atom. The molecule has 6 heteroatoms. The number of hydrogen-bond acceptors (Lipinski definition) is 5. The molecule has 0 bridgehead atoms. The van der Waals surface area contributed by atoms with Gasteiger partial charge in [0.15, 0.2) is 17.3 Å². The van der Waals surface area contributed by atoms with Gasteiger partial charge >= 0.3 is 0 Å². The molecule has 25 heavy (non-hydrogen) atoms. The van der Waals surface area contributed by atoms with Crippen LogP contribution in [0.2, 0.25) is 0 Å². The molecule has 3 rings (SSSR count). The van der Waals surface area contributed by atoms with Crippen molar-refractivity contribution in [3.8, 4) is 11.5 Å². The second kappa shape index (κ2) is 6.24. The Morgan fingerprint density at radius 1 is 1.04 bits per heavy atom. The van der Waals surface area contributed by atoms with Crippen LogP contribution in [0.15, 0.2) is 48.0 Å². The predicted octanol–water partition coefficient (Wildman–Crippen LogP) is 2.65. The monoisotopic (exact) mass is 337 g/mol. The summed E-state index contributed by atoms with van der Waals surface area (Å²) >= 11 is 0. The summed E-state index contributed by atoms with van der Waals surface area (Å²) in [6.45, 7) is 1.44. The van der Waals surface area contributed by atoms with Crippen LogP contribution in [-0.2, 0) is 9.59 Å². The van der Waals surface area contributed by atoms with Gasteiger partial charge in [-0.3, -0.25) is 14.4 Å². The summed E-state index contributed by atoms with van der Waals surface area (Å²) in [5.41, 5.74) is 1.68. The van der Waals surface area contributed by atoms with Crippen LogP contribution in [0, 0.1) is 0 Å². The Kier molecular flexibility index (Phi) is 4.10. The molecule has 0 radical (unpaired) electrons. The second-order valence-corrected chi connectivity index (χ2v) is 5.73. The van der Waals surface area contributed by atoms with Crippen molar-refractivity contribution in [2.24, 2.45) is 0 Å². The summed E-state index contributed by atoms with van der Waals surface area (Å²) < 4.78 is 0. The minimum absolute atomic E-state index is 0.0606. The number of phenols is 2. The van der Waals surface area contributed by atoms with Gasteiger partial charge in [0.05, 0.1) is 12.1 Å². The van der Waals surface area contributed by atoms with Crippen molar-refractivity contribution in [2.45, 2.75) is 13.3 Å².